The molecule has 2 N–H and O–H groups in total. The molecule has 0 amide bonds. The van der Waals surface area contributed by atoms with Crippen LogP contribution in [0, 0.1) is 0 Å². The Morgan fingerprint density at radius 3 is 2.85 bits per heavy atom. The van der Waals surface area contributed by atoms with Gasteiger partial charge >= 0.3 is 0 Å². The van der Waals surface area contributed by atoms with Crippen molar-refractivity contribution in [3.8, 4) is 11.4 Å². The Kier molecular flexibility index (Phi) is 3.85. The molecular weight excluding hydrogens is 342 g/mol. The van der Waals surface area contributed by atoms with Gasteiger partial charge in [-0.25, -0.2) is 4.98 Å². The number of nitrogens with two attached hydrogens (primary N) is 1. The normalized spacial score (nSPS) is 17.7. The maximum atomic E-state index is 11.4. The molecule has 1 aliphatic heterocycles. The number of fused-ring (bicyclic) bond motifs is 5. The summed E-state index contributed by atoms with van der Waals surface area (Å²) >= 11 is 1.64. The van der Waals surface area contributed by atoms with Gasteiger partial charge in [0.1, 0.15) is 12.0 Å². The van der Waals surface area contributed by atoms with E-state index in [1.807, 2.05) is 6.07 Å². The number of aryl methyl sites for hydroxylation is 2. The van der Waals surface area contributed by atoms with Crippen molar-refractivity contribution < 1.29 is 4.79 Å². The zero-order chi connectivity index (χ0) is 17.7. The zero-order valence-corrected chi connectivity index (χ0v) is 15.6. The standard InChI is InChI=1S/C21H23N3OS/c22-21-23-19-17(26-21)7-4-10-24-16-11-13(12-25)8-9-15(16)18(20(19)24)14-5-2-1-3-6-14/h8-9,11-12,14H,1-7,10H2,(H2,22,23). The summed E-state index contributed by atoms with van der Waals surface area (Å²) in [5.74, 6) is 0.582. The molecule has 5 heteroatoms. The second-order valence-electron chi connectivity index (χ2n) is 7.57. The summed E-state index contributed by atoms with van der Waals surface area (Å²) in [5, 5.41) is 1.97. The zero-order valence-electron chi connectivity index (χ0n) is 14.8. The lowest BCUT2D eigenvalue weighted by Gasteiger charge is -2.23. The second kappa shape index (κ2) is 6.23. The van der Waals surface area contributed by atoms with Crippen molar-refractivity contribution in [1.29, 1.82) is 0 Å². The van der Waals surface area contributed by atoms with E-state index >= 15 is 0 Å². The fraction of sp³-hybridized carbons (Fsp3) is 0.429. The van der Waals surface area contributed by atoms with Crippen molar-refractivity contribution in [2.24, 2.45) is 0 Å². The van der Waals surface area contributed by atoms with Crippen molar-refractivity contribution in [3.05, 3.63) is 34.2 Å². The van der Waals surface area contributed by atoms with Gasteiger partial charge in [0.15, 0.2) is 5.13 Å². The van der Waals surface area contributed by atoms with Crippen molar-refractivity contribution >= 4 is 33.7 Å². The van der Waals surface area contributed by atoms with Crippen LogP contribution in [-0.4, -0.2) is 15.8 Å². The van der Waals surface area contributed by atoms with Crippen LogP contribution in [0.15, 0.2) is 18.2 Å². The average molecular weight is 366 g/mol. The second-order valence-corrected chi connectivity index (χ2v) is 8.69. The van der Waals surface area contributed by atoms with Crippen LogP contribution in [0.3, 0.4) is 0 Å². The minimum atomic E-state index is 0.582. The molecule has 3 heterocycles. The molecule has 26 heavy (non-hydrogen) atoms. The summed E-state index contributed by atoms with van der Waals surface area (Å²) in [7, 11) is 0. The highest BCUT2D eigenvalue weighted by atomic mass is 32.1. The summed E-state index contributed by atoms with van der Waals surface area (Å²) in [5.41, 5.74) is 11.8. The van der Waals surface area contributed by atoms with E-state index in [1.165, 1.54) is 59.1 Å². The quantitative estimate of drug-likeness (QED) is 0.639. The van der Waals surface area contributed by atoms with E-state index in [9.17, 15) is 4.79 Å². The highest BCUT2D eigenvalue weighted by Gasteiger charge is 2.30. The molecule has 0 unspecified atom stereocenters. The first-order valence-electron chi connectivity index (χ1n) is 9.63. The number of aromatic nitrogens is 2. The highest BCUT2D eigenvalue weighted by molar-refractivity contribution is 7.15. The smallest absolute Gasteiger partial charge is 0.180 e. The topological polar surface area (TPSA) is 60.9 Å². The number of anilines is 1. The lowest BCUT2D eigenvalue weighted by Crippen LogP contribution is -2.07. The van der Waals surface area contributed by atoms with Crippen LogP contribution in [0.2, 0.25) is 0 Å². The molecule has 1 fully saturated rings. The van der Waals surface area contributed by atoms with E-state index in [0.29, 0.717) is 11.0 Å². The molecule has 3 aromatic rings. The molecule has 1 saturated carbocycles. The number of hydrogen-bond acceptors (Lipinski definition) is 4. The third-order valence-corrected chi connectivity index (χ3v) is 6.95. The van der Waals surface area contributed by atoms with Gasteiger partial charge < -0.3 is 10.3 Å². The molecule has 4 nitrogen and oxygen atoms in total. The number of nitrogen functional groups attached to an aromatic ring is 1. The first kappa shape index (κ1) is 16.1. The van der Waals surface area contributed by atoms with E-state index in [4.69, 9.17) is 10.7 Å². The lowest BCUT2D eigenvalue weighted by atomic mass is 9.82. The van der Waals surface area contributed by atoms with Crippen LogP contribution in [0.4, 0.5) is 5.13 Å². The largest absolute Gasteiger partial charge is 0.375 e. The molecule has 1 aliphatic carbocycles. The van der Waals surface area contributed by atoms with E-state index in [0.717, 1.165) is 36.9 Å². The molecule has 1 aromatic carbocycles. The first-order valence-corrected chi connectivity index (χ1v) is 10.4. The highest BCUT2D eigenvalue weighted by Crippen LogP contribution is 2.46. The predicted molar refractivity (Wildman–Crippen MR) is 107 cm³/mol. The Hall–Kier alpha value is -2.14. The molecule has 0 atom stereocenters. The number of aldehydes is 1. The number of carbonyl (C=O) groups is 1. The SMILES string of the molecule is Nc1nc2c(s1)CCCn1c-2c(C2CCCCC2)c2ccc(C=O)cc21. The van der Waals surface area contributed by atoms with E-state index < -0.39 is 0 Å². The fourth-order valence-corrected chi connectivity index (χ4v) is 5.76. The molecule has 134 valence electrons. The van der Waals surface area contributed by atoms with Crippen LogP contribution < -0.4 is 5.73 Å². The Balaban J connectivity index is 1.84. The minimum absolute atomic E-state index is 0.582. The number of thiazole rings is 1. The van der Waals surface area contributed by atoms with Gasteiger partial charge in [-0.3, -0.25) is 4.79 Å². The average Bonchev–Trinajstić information content (AvgIpc) is 3.14. The van der Waals surface area contributed by atoms with Gasteiger partial charge in [-0.2, -0.15) is 0 Å². The van der Waals surface area contributed by atoms with Gasteiger partial charge in [-0.1, -0.05) is 31.4 Å². The number of hydrogen-bond donors (Lipinski definition) is 1. The van der Waals surface area contributed by atoms with Crippen LogP contribution in [0.1, 0.15) is 65.2 Å². The maximum Gasteiger partial charge on any atom is 0.180 e. The van der Waals surface area contributed by atoms with Gasteiger partial charge in [0, 0.05) is 27.9 Å². The number of rotatable bonds is 2. The molecule has 2 aromatic heterocycles. The Labute approximate surface area is 157 Å². The molecule has 0 bridgehead atoms. The minimum Gasteiger partial charge on any atom is -0.375 e. The predicted octanol–water partition coefficient (Wildman–Crippen LogP) is 5.15. The van der Waals surface area contributed by atoms with Crippen molar-refractivity contribution in [1.82, 2.24) is 9.55 Å². The van der Waals surface area contributed by atoms with Gasteiger partial charge in [0.2, 0.25) is 0 Å². The van der Waals surface area contributed by atoms with Crippen LogP contribution in [-0.2, 0) is 13.0 Å². The lowest BCUT2D eigenvalue weighted by molar-refractivity contribution is 0.112. The van der Waals surface area contributed by atoms with E-state index in [2.05, 4.69) is 16.7 Å². The molecule has 0 spiro atoms. The Morgan fingerprint density at radius 1 is 1.19 bits per heavy atom. The van der Waals surface area contributed by atoms with Gasteiger partial charge in [-0.15, -0.1) is 11.3 Å². The summed E-state index contributed by atoms with van der Waals surface area (Å²) in [6.45, 7) is 0.976. The van der Waals surface area contributed by atoms with Gasteiger partial charge in [-0.05, 0) is 43.2 Å². The summed E-state index contributed by atoms with van der Waals surface area (Å²) in [4.78, 5) is 17.4. The van der Waals surface area contributed by atoms with E-state index in [1.54, 1.807) is 11.3 Å². The van der Waals surface area contributed by atoms with Crippen molar-refractivity contribution in [3.63, 3.8) is 0 Å². The Morgan fingerprint density at radius 2 is 2.04 bits per heavy atom. The molecule has 0 saturated heterocycles. The monoisotopic (exact) mass is 365 g/mol. The first-order chi connectivity index (χ1) is 12.8. The van der Waals surface area contributed by atoms with Crippen LogP contribution >= 0.6 is 11.3 Å². The number of benzene rings is 1. The Bertz CT molecular complexity index is 995. The van der Waals surface area contributed by atoms with Gasteiger partial charge in [0.25, 0.3) is 0 Å². The maximum absolute atomic E-state index is 11.4. The van der Waals surface area contributed by atoms with Crippen LogP contribution in [0.25, 0.3) is 22.3 Å². The molecule has 5 rings (SSSR count). The summed E-state index contributed by atoms with van der Waals surface area (Å²) < 4.78 is 2.41. The number of carbonyl (C=O) groups excluding carboxylic acids is 1. The van der Waals surface area contributed by atoms with Crippen molar-refractivity contribution in [2.75, 3.05) is 5.73 Å². The summed E-state index contributed by atoms with van der Waals surface area (Å²) in [6.07, 6.45) is 9.50. The molecule has 0 radical (unpaired) electrons. The molecule has 2 aliphatic rings. The molecular formula is C21H23N3OS. The fourth-order valence-electron chi connectivity index (χ4n) is 4.88. The third-order valence-electron chi connectivity index (χ3n) is 6.00. The van der Waals surface area contributed by atoms with Crippen molar-refractivity contribution in [2.45, 2.75) is 57.4 Å². The van der Waals surface area contributed by atoms with Gasteiger partial charge in [0.05, 0.1) is 5.69 Å². The van der Waals surface area contributed by atoms with E-state index in [-0.39, 0.29) is 0 Å². The van der Waals surface area contributed by atoms with Crippen LogP contribution in [0.5, 0.6) is 0 Å². The summed E-state index contributed by atoms with van der Waals surface area (Å²) in [6, 6.07) is 6.16. The third kappa shape index (κ3) is 2.41. The number of nitrogens with zero attached hydrogens (tertiary/aromatic N) is 2.